The van der Waals surface area contributed by atoms with Gasteiger partial charge in [-0.25, -0.2) is 0 Å². The average molecular weight is 115 g/mol. The highest BCUT2D eigenvalue weighted by Crippen LogP contribution is 2.17. The minimum Gasteiger partial charge on any atom is -0.364 e. The third kappa shape index (κ3) is 0.858. The highest BCUT2D eigenvalue weighted by molar-refractivity contribution is 4.80. The van der Waals surface area contributed by atoms with Gasteiger partial charge < -0.3 is 4.74 Å². The third-order valence-electron chi connectivity index (χ3n) is 1.77. The molecule has 0 spiro atoms. The van der Waals surface area contributed by atoms with Gasteiger partial charge in [0.2, 0.25) is 0 Å². The van der Waals surface area contributed by atoms with E-state index in [2.05, 4.69) is 25.8 Å². The van der Waals surface area contributed by atoms with Crippen molar-refractivity contribution in [2.45, 2.75) is 19.4 Å². The first-order valence-electron chi connectivity index (χ1n) is 2.92. The lowest BCUT2D eigenvalue weighted by Gasteiger charge is -2.23. The predicted octanol–water partition coefficient (Wildman–Crippen LogP) is 0.684. The molecular weight excluding hydrogens is 102 g/mol. The van der Waals surface area contributed by atoms with E-state index in [9.17, 15) is 0 Å². The van der Waals surface area contributed by atoms with Gasteiger partial charge in [-0.15, -0.1) is 0 Å². The van der Waals surface area contributed by atoms with Crippen LogP contribution in [-0.2, 0) is 4.74 Å². The van der Waals surface area contributed by atoms with Crippen LogP contribution < -0.4 is 0 Å². The molecule has 2 nitrogen and oxygen atoms in total. The van der Waals surface area contributed by atoms with Crippen molar-refractivity contribution in [2.75, 3.05) is 20.4 Å². The average Bonchev–Trinajstić information content (AvgIpc) is 1.86. The molecule has 1 aliphatic rings. The maximum atomic E-state index is 5.20. The summed E-state index contributed by atoms with van der Waals surface area (Å²) >= 11 is 0. The number of hydrogen-bond acceptors (Lipinski definition) is 2. The number of ether oxygens (including phenoxy) is 1. The summed E-state index contributed by atoms with van der Waals surface area (Å²) in [4.78, 5) is 2.20. The Morgan fingerprint density at radius 2 is 2.12 bits per heavy atom. The fourth-order valence-corrected chi connectivity index (χ4v) is 0.717. The highest BCUT2D eigenvalue weighted by atomic mass is 16.5. The molecule has 0 aromatic rings. The van der Waals surface area contributed by atoms with Crippen molar-refractivity contribution in [3.63, 3.8) is 0 Å². The SMILES string of the molecule is CN1COCC1(C)C. The molecule has 0 atom stereocenters. The normalized spacial score (nSPS) is 28.9. The maximum Gasteiger partial charge on any atom is 0.0993 e. The predicted molar refractivity (Wildman–Crippen MR) is 32.7 cm³/mol. The summed E-state index contributed by atoms with van der Waals surface area (Å²) < 4.78 is 5.20. The molecule has 48 valence electrons. The van der Waals surface area contributed by atoms with Gasteiger partial charge >= 0.3 is 0 Å². The Balaban J connectivity index is 2.54. The molecule has 8 heavy (non-hydrogen) atoms. The van der Waals surface area contributed by atoms with Crippen LogP contribution in [0.5, 0.6) is 0 Å². The molecule has 0 radical (unpaired) electrons. The molecule has 2 heteroatoms. The van der Waals surface area contributed by atoms with Crippen molar-refractivity contribution in [2.24, 2.45) is 0 Å². The summed E-state index contributed by atoms with van der Waals surface area (Å²) in [6.07, 6.45) is 0. The van der Waals surface area contributed by atoms with E-state index in [0.717, 1.165) is 13.3 Å². The quantitative estimate of drug-likeness (QED) is 0.460. The number of rotatable bonds is 0. The van der Waals surface area contributed by atoms with Crippen molar-refractivity contribution in [3.8, 4) is 0 Å². The van der Waals surface area contributed by atoms with Crippen LogP contribution in [0.15, 0.2) is 0 Å². The number of likely N-dealkylation sites (N-methyl/N-ethyl adjacent to an activating group) is 1. The zero-order valence-corrected chi connectivity index (χ0v) is 5.77. The van der Waals surface area contributed by atoms with E-state index in [-0.39, 0.29) is 5.54 Å². The monoisotopic (exact) mass is 115 g/mol. The molecule has 0 amide bonds. The van der Waals surface area contributed by atoms with Crippen molar-refractivity contribution >= 4 is 0 Å². The van der Waals surface area contributed by atoms with E-state index in [4.69, 9.17) is 4.74 Å². The first-order valence-corrected chi connectivity index (χ1v) is 2.92. The molecular formula is C6H13NO. The standard InChI is InChI=1S/C6H13NO/c1-6(2)4-8-5-7(6)3/h4-5H2,1-3H3. The Bertz CT molecular complexity index is 90.5. The maximum absolute atomic E-state index is 5.20. The van der Waals surface area contributed by atoms with E-state index in [0.29, 0.717) is 0 Å². The largest absolute Gasteiger partial charge is 0.364 e. The Hall–Kier alpha value is -0.0800. The zero-order chi connectivity index (χ0) is 6.20. The fraction of sp³-hybridized carbons (Fsp3) is 1.00. The van der Waals surface area contributed by atoms with E-state index >= 15 is 0 Å². The lowest BCUT2D eigenvalue weighted by atomic mass is 10.1. The minimum atomic E-state index is 0.264. The Labute approximate surface area is 50.4 Å². The van der Waals surface area contributed by atoms with Gasteiger partial charge in [0, 0.05) is 5.54 Å². The van der Waals surface area contributed by atoms with Crippen LogP contribution in [0.3, 0.4) is 0 Å². The summed E-state index contributed by atoms with van der Waals surface area (Å²) in [7, 11) is 2.08. The van der Waals surface area contributed by atoms with E-state index in [1.807, 2.05) is 0 Å². The summed E-state index contributed by atoms with van der Waals surface area (Å²) in [6.45, 7) is 6.01. The Morgan fingerprint density at radius 1 is 1.50 bits per heavy atom. The van der Waals surface area contributed by atoms with Gasteiger partial charge in [-0.1, -0.05) is 0 Å². The second-order valence-corrected chi connectivity index (χ2v) is 2.99. The molecule has 1 rings (SSSR count). The Morgan fingerprint density at radius 3 is 2.25 bits per heavy atom. The Kier molecular flexibility index (Phi) is 1.29. The van der Waals surface area contributed by atoms with Crippen LogP contribution >= 0.6 is 0 Å². The van der Waals surface area contributed by atoms with Gasteiger partial charge in [0.05, 0.1) is 13.3 Å². The van der Waals surface area contributed by atoms with Crippen LogP contribution in [0.4, 0.5) is 0 Å². The summed E-state index contributed by atoms with van der Waals surface area (Å²) in [5.41, 5.74) is 0.264. The van der Waals surface area contributed by atoms with E-state index < -0.39 is 0 Å². The molecule has 0 unspecified atom stereocenters. The van der Waals surface area contributed by atoms with Crippen LogP contribution in [0, 0.1) is 0 Å². The molecule has 1 saturated heterocycles. The van der Waals surface area contributed by atoms with Crippen molar-refractivity contribution in [3.05, 3.63) is 0 Å². The molecule has 0 saturated carbocycles. The second-order valence-electron chi connectivity index (χ2n) is 2.99. The molecule has 0 aliphatic carbocycles. The zero-order valence-electron chi connectivity index (χ0n) is 5.77. The van der Waals surface area contributed by atoms with Crippen molar-refractivity contribution in [1.82, 2.24) is 4.90 Å². The third-order valence-corrected chi connectivity index (χ3v) is 1.77. The highest BCUT2D eigenvalue weighted by Gasteiger charge is 2.29. The van der Waals surface area contributed by atoms with Gasteiger partial charge in [0.25, 0.3) is 0 Å². The molecule has 0 aromatic heterocycles. The molecule has 0 bridgehead atoms. The lowest BCUT2D eigenvalue weighted by Crippen LogP contribution is -2.36. The van der Waals surface area contributed by atoms with Gasteiger partial charge in [-0.2, -0.15) is 0 Å². The molecule has 1 aliphatic heterocycles. The first-order chi connectivity index (χ1) is 3.63. The summed E-state index contributed by atoms with van der Waals surface area (Å²) in [5, 5.41) is 0. The number of hydrogen-bond donors (Lipinski definition) is 0. The second kappa shape index (κ2) is 1.71. The van der Waals surface area contributed by atoms with E-state index in [1.54, 1.807) is 0 Å². The van der Waals surface area contributed by atoms with Gasteiger partial charge in [0.1, 0.15) is 0 Å². The minimum absolute atomic E-state index is 0.264. The summed E-state index contributed by atoms with van der Waals surface area (Å²) in [6, 6.07) is 0. The first kappa shape index (κ1) is 6.05. The molecule has 1 heterocycles. The van der Waals surface area contributed by atoms with Crippen LogP contribution in [0.2, 0.25) is 0 Å². The van der Waals surface area contributed by atoms with Crippen molar-refractivity contribution in [1.29, 1.82) is 0 Å². The fourth-order valence-electron chi connectivity index (χ4n) is 0.717. The molecule has 1 fully saturated rings. The molecule has 0 aromatic carbocycles. The van der Waals surface area contributed by atoms with Crippen LogP contribution in [-0.4, -0.2) is 30.8 Å². The van der Waals surface area contributed by atoms with Gasteiger partial charge in [0.15, 0.2) is 0 Å². The van der Waals surface area contributed by atoms with E-state index in [1.165, 1.54) is 0 Å². The molecule has 0 N–H and O–H groups in total. The summed E-state index contributed by atoms with van der Waals surface area (Å²) in [5.74, 6) is 0. The topological polar surface area (TPSA) is 12.5 Å². The van der Waals surface area contributed by atoms with Crippen LogP contribution in [0.1, 0.15) is 13.8 Å². The number of nitrogens with zero attached hydrogens (tertiary/aromatic N) is 1. The lowest BCUT2D eigenvalue weighted by molar-refractivity contribution is 0.152. The van der Waals surface area contributed by atoms with Gasteiger partial charge in [-0.05, 0) is 20.9 Å². The van der Waals surface area contributed by atoms with Crippen LogP contribution in [0.25, 0.3) is 0 Å². The van der Waals surface area contributed by atoms with Gasteiger partial charge in [-0.3, -0.25) is 4.90 Å². The van der Waals surface area contributed by atoms with Crippen molar-refractivity contribution < 1.29 is 4.74 Å². The smallest absolute Gasteiger partial charge is 0.0993 e.